The van der Waals surface area contributed by atoms with Crippen molar-refractivity contribution in [1.82, 2.24) is 9.62 Å². The summed E-state index contributed by atoms with van der Waals surface area (Å²) in [6.45, 7) is 0.657. The van der Waals surface area contributed by atoms with Crippen LogP contribution in [-0.4, -0.2) is 31.7 Å². The minimum Gasteiger partial charge on any atom is -0.348 e. The number of nitrogens with one attached hydrogen (secondary N) is 1. The molecule has 8 heteroatoms. The number of carbonyl (C=O) groups is 1. The number of nitrogens with zero attached hydrogens (tertiary/aromatic N) is 1. The minimum absolute atomic E-state index is 0.0405. The van der Waals surface area contributed by atoms with Crippen molar-refractivity contribution in [3.63, 3.8) is 0 Å². The number of thiophene rings is 1. The summed E-state index contributed by atoms with van der Waals surface area (Å²) in [7, 11) is -3.62. The van der Waals surface area contributed by atoms with E-state index >= 15 is 0 Å². The normalized spacial score (nSPS) is 22.0. The Labute approximate surface area is 174 Å². The second-order valence-electron chi connectivity index (χ2n) is 7.50. The topological polar surface area (TPSA) is 66.5 Å². The maximum absolute atomic E-state index is 12.9. The zero-order valence-electron chi connectivity index (χ0n) is 15.4. The van der Waals surface area contributed by atoms with Gasteiger partial charge in [-0.3, -0.25) is 4.79 Å². The molecule has 1 aliphatic carbocycles. The van der Waals surface area contributed by atoms with E-state index in [1.807, 2.05) is 11.4 Å². The summed E-state index contributed by atoms with van der Waals surface area (Å²) >= 11 is 7.53. The Morgan fingerprint density at radius 2 is 1.93 bits per heavy atom. The molecule has 2 atom stereocenters. The lowest BCUT2D eigenvalue weighted by Gasteiger charge is -2.32. The van der Waals surface area contributed by atoms with Crippen molar-refractivity contribution in [1.29, 1.82) is 0 Å². The van der Waals surface area contributed by atoms with Gasteiger partial charge in [0, 0.05) is 23.0 Å². The molecular weight excluding hydrogens is 416 g/mol. The molecule has 1 saturated heterocycles. The van der Waals surface area contributed by atoms with Crippen LogP contribution in [0.5, 0.6) is 0 Å². The molecular formula is C20H23ClN2O3S2. The third-order valence-electron chi connectivity index (χ3n) is 5.45. The molecule has 1 N–H and O–H groups in total. The Morgan fingerprint density at radius 3 is 2.57 bits per heavy atom. The van der Waals surface area contributed by atoms with Crippen LogP contribution in [0.25, 0.3) is 0 Å². The van der Waals surface area contributed by atoms with Crippen molar-refractivity contribution in [3.05, 3.63) is 51.7 Å². The molecule has 1 aliphatic heterocycles. The van der Waals surface area contributed by atoms with Crippen molar-refractivity contribution in [2.75, 3.05) is 13.1 Å². The molecule has 0 radical (unpaired) electrons. The molecule has 1 amide bonds. The first-order valence-corrected chi connectivity index (χ1v) is 12.2. The van der Waals surface area contributed by atoms with Gasteiger partial charge in [0.25, 0.3) is 0 Å². The van der Waals surface area contributed by atoms with Crippen molar-refractivity contribution in [2.24, 2.45) is 11.8 Å². The summed E-state index contributed by atoms with van der Waals surface area (Å²) in [5, 5.41) is 5.72. The first kappa shape index (κ1) is 19.9. The zero-order valence-corrected chi connectivity index (χ0v) is 17.8. The number of halogens is 1. The van der Waals surface area contributed by atoms with Gasteiger partial charge in [0.05, 0.1) is 16.9 Å². The van der Waals surface area contributed by atoms with Crippen molar-refractivity contribution in [3.8, 4) is 0 Å². The molecule has 5 nitrogen and oxygen atoms in total. The van der Waals surface area contributed by atoms with Gasteiger partial charge in [0.15, 0.2) is 0 Å². The Balaban J connectivity index is 1.45. The smallest absolute Gasteiger partial charge is 0.243 e. The van der Waals surface area contributed by atoms with Crippen LogP contribution in [0.1, 0.15) is 36.6 Å². The number of carbonyl (C=O) groups excluding carboxylic acids is 1. The van der Waals surface area contributed by atoms with Crippen LogP contribution in [0.2, 0.25) is 5.02 Å². The monoisotopic (exact) mass is 438 g/mol. The van der Waals surface area contributed by atoms with E-state index in [9.17, 15) is 13.2 Å². The van der Waals surface area contributed by atoms with Crippen LogP contribution in [0, 0.1) is 11.8 Å². The standard InChI is InChI=1S/C20H23ClN2O3S2/c21-16-7-9-17(10-8-16)28(25,26)23-11-1-3-15(13-23)20(24)22-19(14-5-6-14)18-4-2-12-27-18/h2,4,7-10,12,14-15,19H,1,3,5-6,11,13H2,(H,22,24). The fraction of sp³-hybridized carbons (Fsp3) is 0.450. The fourth-order valence-electron chi connectivity index (χ4n) is 3.72. The number of amides is 1. The van der Waals surface area contributed by atoms with Gasteiger partial charge in [-0.1, -0.05) is 17.7 Å². The van der Waals surface area contributed by atoms with Gasteiger partial charge >= 0.3 is 0 Å². The van der Waals surface area contributed by atoms with E-state index in [0.717, 1.165) is 12.8 Å². The predicted molar refractivity (Wildman–Crippen MR) is 111 cm³/mol. The number of sulfonamides is 1. The Morgan fingerprint density at radius 1 is 1.18 bits per heavy atom. The van der Waals surface area contributed by atoms with E-state index in [0.29, 0.717) is 30.3 Å². The highest BCUT2D eigenvalue weighted by atomic mass is 35.5. The third-order valence-corrected chi connectivity index (χ3v) is 8.53. The molecule has 2 fully saturated rings. The molecule has 150 valence electrons. The van der Waals surface area contributed by atoms with Crippen LogP contribution < -0.4 is 5.32 Å². The summed E-state index contributed by atoms with van der Waals surface area (Å²) in [4.78, 5) is 14.3. The highest BCUT2D eigenvalue weighted by Gasteiger charge is 2.38. The van der Waals surface area contributed by atoms with E-state index in [2.05, 4.69) is 11.4 Å². The van der Waals surface area contributed by atoms with Crippen molar-refractivity contribution >= 4 is 38.9 Å². The molecule has 2 aromatic rings. The number of hydrogen-bond acceptors (Lipinski definition) is 4. The van der Waals surface area contributed by atoms with E-state index in [4.69, 9.17) is 11.6 Å². The molecule has 2 unspecified atom stereocenters. The third kappa shape index (κ3) is 4.27. The van der Waals surface area contributed by atoms with Gasteiger partial charge in [0.2, 0.25) is 15.9 Å². The summed E-state index contributed by atoms with van der Waals surface area (Å²) in [6.07, 6.45) is 3.65. The lowest BCUT2D eigenvalue weighted by Crippen LogP contribution is -2.46. The van der Waals surface area contributed by atoms with Gasteiger partial charge in [-0.05, 0) is 67.3 Å². The van der Waals surface area contributed by atoms with E-state index in [1.165, 1.54) is 21.3 Å². The van der Waals surface area contributed by atoms with Crippen LogP contribution >= 0.6 is 22.9 Å². The van der Waals surface area contributed by atoms with E-state index in [1.54, 1.807) is 23.5 Å². The van der Waals surface area contributed by atoms with Gasteiger partial charge in [-0.15, -0.1) is 11.3 Å². The van der Waals surface area contributed by atoms with Crippen molar-refractivity contribution < 1.29 is 13.2 Å². The highest BCUT2D eigenvalue weighted by Crippen LogP contribution is 2.42. The molecule has 0 bridgehead atoms. The SMILES string of the molecule is O=C(NC(c1cccs1)C1CC1)C1CCCN(S(=O)(=O)c2ccc(Cl)cc2)C1. The van der Waals surface area contributed by atoms with Crippen molar-refractivity contribution in [2.45, 2.75) is 36.6 Å². The quantitative estimate of drug-likeness (QED) is 0.739. The second-order valence-corrected chi connectivity index (χ2v) is 10.8. The summed E-state index contributed by atoms with van der Waals surface area (Å²) in [5.74, 6) is 0.137. The fourth-order valence-corrected chi connectivity index (χ4v) is 6.24. The maximum atomic E-state index is 12.9. The Kier molecular flexibility index (Phi) is 5.78. The van der Waals surface area contributed by atoms with Gasteiger partial charge in [0.1, 0.15) is 0 Å². The molecule has 4 rings (SSSR count). The van der Waals surface area contributed by atoms with E-state index < -0.39 is 10.0 Å². The number of rotatable bonds is 6. The highest BCUT2D eigenvalue weighted by molar-refractivity contribution is 7.89. The molecule has 0 spiro atoms. The first-order valence-electron chi connectivity index (χ1n) is 9.54. The lowest BCUT2D eigenvalue weighted by molar-refractivity contribution is -0.127. The minimum atomic E-state index is -3.62. The van der Waals surface area contributed by atoms with Crippen LogP contribution in [-0.2, 0) is 14.8 Å². The first-order chi connectivity index (χ1) is 13.4. The average molecular weight is 439 g/mol. The molecule has 1 saturated carbocycles. The number of piperidine rings is 1. The van der Waals surface area contributed by atoms with Crippen LogP contribution in [0.4, 0.5) is 0 Å². The molecule has 2 aliphatic rings. The Hall–Kier alpha value is -1.41. The maximum Gasteiger partial charge on any atom is 0.243 e. The largest absolute Gasteiger partial charge is 0.348 e. The van der Waals surface area contributed by atoms with E-state index in [-0.39, 0.29) is 29.3 Å². The van der Waals surface area contributed by atoms with Gasteiger partial charge in [-0.25, -0.2) is 8.42 Å². The molecule has 28 heavy (non-hydrogen) atoms. The summed E-state index contributed by atoms with van der Waals surface area (Å²) < 4.78 is 27.3. The number of benzene rings is 1. The zero-order chi connectivity index (χ0) is 19.7. The van der Waals surface area contributed by atoms with Crippen LogP contribution in [0.15, 0.2) is 46.7 Å². The second kappa shape index (κ2) is 8.14. The molecule has 1 aromatic heterocycles. The van der Waals surface area contributed by atoms with Gasteiger partial charge in [-0.2, -0.15) is 4.31 Å². The molecule has 2 heterocycles. The molecule has 1 aromatic carbocycles. The van der Waals surface area contributed by atoms with Gasteiger partial charge < -0.3 is 5.32 Å². The summed E-state index contributed by atoms with van der Waals surface area (Å²) in [6, 6.07) is 10.3. The van der Waals surface area contributed by atoms with Crippen LogP contribution in [0.3, 0.4) is 0 Å². The predicted octanol–water partition coefficient (Wildman–Crippen LogP) is 4.07. The summed E-state index contributed by atoms with van der Waals surface area (Å²) in [5.41, 5.74) is 0. The average Bonchev–Trinajstić information content (AvgIpc) is 3.40. The lowest BCUT2D eigenvalue weighted by atomic mass is 9.98. The Bertz CT molecular complexity index is 925. The number of hydrogen-bond donors (Lipinski definition) is 1.